The highest BCUT2D eigenvalue weighted by molar-refractivity contribution is 7.15. The van der Waals surface area contributed by atoms with Gasteiger partial charge in [0.05, 0.1) is 14.2 Å². The van der Waals surface area contributed by atoms with E-state index in [0.29, 0.717) is 29.5 Å². The Morgan fingerprint density at radius 3 is 2.76 bits per heavy atom. The second-order valence-electron chi connectivity index (χ2n) is 4.48. The van der Waals surface area contributed by atoms with E-state index in [0.717, 1.165) is 10.4 Å². The van der Waals surface area contributed by atoms with Gasteiger partial charge in [0, 0.05) is 17.5 Å². The molecule has 0 saturated heterocycles. The maximum Gasteiger partial charge on any atom is 0.226 e. The molecular formula is C15H18N2O3S. The van der Waals surface area contributed by atoms with Crippen LogP contribution in [0.1, 0.15) is 16.9 Å². The van der Waals surface area contributed by atoms with Crippen molar-refractivity contribution in [2.45, 2.75) is 19.8 Å². The summed E-state index contributed by atoms with van der Waals surface area (Å²) in [6.45, 7) is 1.95. The van der Waals surface area contributed by atoms with E-state index in [2.05, 4.69) is 10.3 Å². The second kappa shape index (κ2) is 7.08. The molecule has 0 atom stereocenters. The van der Waals surface area contributed by atoms with Crippen molar-refractivity contribution in [3.8, 4) is 11.5 Å². The van der Waals surface area contributed by atoms with Crippen LogP contribution in [-0.2, 0) is 11.2 Å². The lowest BCUT2D eigenvalue weighted by Crippen LogP contribution is -2.12. The Balaban J connectivity index is 1.98. The minimum Gasteiger partial charge on any atom is -0.493 e. The summed E-state index contributed by atoms with van der Waals surface area (Å²) in [4.78, 5) is 17.1. The van der Waals surface area contributed by atoms with Gasteiger partial charge in [-0.2, -0.15) is 0 Å². The Bertz CT molecular complexity index is 625. The molecule has 0 radical (unpaired) electrons. The largest absolute Gasteiger partial charge is 0.493 e. The van der Waals surface area contributed by atoms with Gasteiger partial charge in [-0.25, -0.2) is 4.98 Å². The van der Waals surface area contributed by atoms with Gasteiger partial charge in [-0.1, -0.05) is 12.1 Å². The highest BCUT2D eigenvalue weighted by Crippen LogP contribution is 2.31. The molecule has 1 amide bonds. The molecule has 0 saturated carbocycles. The van der Waals surface area contributed by atoms with Gasteiger partial charge in [-0.05, 0) is 25.0 Å². The number of rotatable bonds is 6. The number of carbonyl (C=O) groups excluding carboxylic acids is 1. The van der Waals surface area contributed by atoms with E-state index < -0.39 is 0 Å². The van der Waals surface area contributed by atoms with Crippen molar-refractivity contribution in [2.75, 3.05) is 19.5 Å². The Kier molecular flexibility index (Phi) is 5.16. The van der Waals surface area contributed by atoms with Crippen LogP contribution in [0.3, 0.4) is 0 Å². The van der Waals surface area contributed by atoms with E-state index in [1.54, 1.807) is 20.4 Å². The van der Waals surface area contributed by atoms with Crippen molar-refractivity contribution < 1.29 is 14.3 Å². The number of anilines is 1. The minimum atomic E-state index is -0.0609. The summed E-state index contributed by atoms with van der Waals surface area (Å²) in [5, 5.41) is 3.43. The SMILES string of the molecule is COc1cccc(CCC(=O)Nc2ncc(C)s2)c1OC. The number of hydrogen-bond donors (Lipinski definition) is 1. The monoisotopic (exact) mass is 306 g/mol. The number of hydrogen-bond acceptors (Lipinski definition) is 5. The van der Waals surface area contributed by atoms with Crippen LogP contribution in [0.4, 0.5) is 5.13 Å². The predicted octanol–water partition coefficient (Wildman–Crippen LogP) is 3.04. The first kappa shape index (κ1) is 15.3. The van der Waals surface area contributed by atoms with Gasteiger partial charge in [0.25, 0.3) is 0 Å². The quantitative estimate of drug-likeness (QED) is 0.891. The molecule has 1 aromatic heterocycles. The number of amides is 1. The number of thiazole rings is 1. The highest BCUT2D eigenvalue weighted by atomic mass is 32.1. The van der Waals surface area contributed by atoms with Crippen LogP contribution in [0, 0.1) is 6.92 Å². The molecule has 0 aliphatic carbocycles. The van der Waals surface area contributed by atoms with Crippen molar-refractivity contribution in [1.29, 1.82) is 0 Å². The van der Waals surface area contributed by atoms with Crippen molar-refractivity contribution in [3.63, 3.8) is 0 Å². The molecule has 2 rings (SSSR count). The summed E-state index contributed by atoms with van der Waals surface area (Å²) >= 11 is 1.46. The van der Waals surface area contributed by atoms with Crippen LogP contribution >= 0.6 is 11.3 Å². The van der Waals surface area contributed by atoms with Crippen molar-refractivity contribution in [3.05, 3.63) is 34.8 Å². The molecule has 0 aliphatic rings. The van der Waals surface area contributed by atoms with Crippen LogP contribution in [0.25, 0.3) is 0 Å². The van der Waals surface area contributed by atoms with E-state index in [1.165, 1.54) is 11.3 Å². The Hall–Kier alpha value is -2.08. The topological polar surface area (TPSA) is 60.5 Å². The molecular weight excluding hydrogens is 288 g/mol. The molecule has 6 heteroatoms. The molecule has 2 aromatic rings. The van der Waals surface area contributed by atoms with Gasteiger partial charge in [-0.15, -0.1) is 11.3 Å². The molecule has 0 spiro atoms. The van der Waals surface area contributed by atoms with Crippen molar-refractivity contribution >= 4 is 22.4 Å². The Morgan fingerprint density at radius 1 is 1.33 bits per heavy atom. The van der Waals surface area contributed by atoms with E-state index in [1.807, 2.05) is 25.1 Å². The highest BCUT2D eigenvalue weighted by Gasteiger charge is 2.12. The zero-order valence-corrected chi connectivity index (χ0v) is 13.1. The summed E-state index contributed by atoms with van der Waals surface area (Å²) in [7, 11) is 3.19. The maximum atomic E-state index is 11.9. The average molecular weight is 306 g/mol. The van der Waals surface area contributed by atoms with Crippen LogP contribution < -0.4 is 14.8 Å². The zero-order valence-electron chi connectivity index (χ0n) is 12.3. The van der Waals surface area contributed by atoms with Crippen molar-refractivity contribution in [1.82, 2.24) is 4.98 Å². The van der Waals surface area contributed by atoms with Crippen LogP contribution in [0.2, 0.25) is 0 Å². The van der Waals surface area contributed by atoms with Gasteiger partial charge >= 0.3 is 0 Å². The second-order valence-corrected chi connectivity index (χ2v) is 5.71. The number of methoxy groups -OCH3 is 2. The number of carbonyl (C=O) groups is 1. The fourth-order valence-corrected chi connectivity index (χ4v) is 2.67. The molecule has 1 aromatic carbocycles. The summed E-state index contributed by atoms with van der Waals surface area (Å²) in [6.07, 6.45) is 2.68. The van der Waals surface area contributed by atoms with Gasteiger partial charge in [0.15, 0.2) is 16.6 Å². The summed E-state index contributed by atoms with van der Waals surface area (Å²) < 4.78 is 10.6. The molecule has 0 fully saturated rings. The molecule has 1 N–H and O–H groups in total. The minimum absolute atomic E-state index is 0.0609. The molecule has 0 aliphatic heterocycles. The van der Waals surface area contributed by atoms with Gasteiger partial charge in [0.2, 0.25) is 5.91 Å². The Morgan fingerprint density at radius 2 is 2.14 bits per heavy atom. The molecule has 5 nitrogen and oxygen atoms in total. The van der Waals surface area contributed by atoms with Crippen LogP contribution in [-0.4, -0.2) is 25.1 Å². The normalized spacial score (nSPS) is 10.2. The molecule has 1 heterocycles. The number of aromatic nitrogens is 1. The van der Waals surface area contributed by atoms with Gasteiger partial charge in [-0.3, -0.25) is 4.79 Å². The fourth-order valence-electron chi connectivity index (χ4n) is 1.99. The first-order valence-corrected chi connectivity index (χ1v) is 7.38. The van der Waals surface area contributed by atoms with Gasteiger partial charge < -0.3 is 14.8 Å². The number of nitrogens with one attached hydrogen (secondary N) is 1. The smallest absolute Gasteiger partial charge is 0.226 e. The average Bonchev–Trinajstić information content (AvgIpc) is 2.89. The van der Waals surface area contributed by atoms with E-state index in [9.17, 15) is 4.79 Å². The lowest BCUT2D eigenvalue weighted by atomic mass is 10.1. The lowest BCUT2D eigenvalue weighted by Gasteiger charge is -2.12. The standard InChI is InChI=1S/C15H18N2O3S/c1-10-9-16-15(21-10)17-13(18)8-7-11-5-4-6-12(19-2)14(11)20-3/h4-6,9H,7-8H2,1-3H3,(H,16,17,18). The molecule has 21 heavy (non-hydrogen) atoms. The first-order chi connectivity index (χ1) is 10.1. The molecule has 0 bridgehead atoms. The van der Waals surface area contributed by atoms with Gasteiger partial charge in [0.1, 0.15) is 0 Å². The van der Waals surface area contributed by atoms with E-state index >= 15 is 0 Å². The number of ether oxygens (including phenoxy) is 2. The number of para-hydroxylation sites is 1. The third-order valence-corrected chi connectivity index (χ3v) is 3.80. The van der Waals surface area contributed by atoms with Crippen LogP contribution in [0.15, 0.2) is 24.4 Å². The zero-order chi connectivity index (χ0) is 15.2. The summed E-state index contributed by atoms with van der Waals surface area (Å²) in [5.41, 5.74) is 0.947. The third-order valence-electron chi connectivity index (χ3n) is 2.97. The number of nitrogens with zero attached hydrogens (tertiary/aromatic N) is 1. The third kappa shape index (κ3) is 3.95. The van der Waals surface area contributed by atoms with E-state index in [4.69, 9.17) is 9.47 Å². The maximum absolute atomic E-state index is 11.9. The lowest BCUT2D eigenvalue weighted by molar-refractivity contribution is -0.116. The van der Waals surface area contributed by atoms with E-state index in [-0.39, 0.29) is 5.91 Å². The number of aryl methyl sites for hydroxylation is 2. The summed E-state index contributed by atoms with van der Waals surface area (Å²) in [5.74, 6) is 1.29. The number of benzene rings is 1. The Labute approximate surface area is 127 Å². The van der Waals surface area contributed by atoms with Crippen LogP contribution in [0.5, 0.6) is 11.5 Å². The first-order valence-electron chi connectivity index (χ1n) is 6.56. The molecule has 0 unspecified atom stereocenters. The predicted molar refractivity (Wildman–Crippen MR) is 83.3 cm³/mol. The summed E-state index contributed by atoms with van der Waals surface area (Å²) in [6, 6.07) is 5.65. The fraction of sp³-hybridized carbons (Fsp3) is 0.333. The molecule has 112 valence electrons. The van der Waals surface area contributed by atoms with Crippen molar-refractivity contribution in [2.24, 2.45) is 0 Å².